The zero-order valence-electron chi connectivity index (χ0n) is 24.2. The maximum atomic E-state index is 12.7. The summed E-state index contributed by atoms with van der Waals surface area (Å²) in [6.45, 7) is 9.10. The van der Waals surface area contributed by atoms with Crippen LogP contribution in [0, 0.1) is 34.5 Å². The van der Waals surface area contributed by atoms with Crippen LogP contribution in [-0.4, -0.2) is 58.8 Å². The number of hydrogen-bond donors (Lipinski definition) is 3. The molecule has 5 aliphatic rings. The first kappa shape index (κ1) is 28.6. The van der Waals surface area contributed by atoms with Crippen LogP contribution < -0.4 is 5.32 Å². The number of nitrogens with zero attached hydrogens (tertiary/aromatic N) is 1. The number of allylic oxidation sites excluding steroid dienone is 2. The third kappa shape index (κ3) is 5.65. The van der Waals surface area contributed by atoms with E-state index in [1.165, 1.54) is 18.4 Å². The molecule has 8 atom stereocenters. The van der Waals surface area contributed by atoms with Gasteiger partial charge in [-0.3, -0.25) is 9.59 Å². The summed E-state index contributed by atoms with van der Waals surface area (Å²) in [5.41, 5.74) is 2.30. The van der Waals surface area contributed by atoms with E-state index in [2.05, 4.69) is 30.4 Å². The van der Waals surface area contributed by atoms with E-state index < -0.39 is 12.0 Å². The Balaban J connectivity index is 1.18. The Kier molecular flexibility index (Phi) is 7.92. The number of aliphatic hydroxyl groups excluding tert-OH is 1. The molecule has 0 radical (unpaired) electrons. The number of amides is 1. The van der Waals surface area contributed by atoms with Crippen LogP contribution in [0.25, 0.3) is 0 Å². The first-order valence-electron chi connectivity index (χ1n) is 15.1. The Labute approximate surface area is 233 Å². The first-order chi connectivity index (χ1) is 18.4. The van der Waals surface area contributed by atoms with Crippen LogP contribution in [0.4, 0.5) is 0 Å². The van der Waals surface area contributed by atoms with E-state index in [0.29, 0.717) is 30.8 Å². The minimum atomic E-state index is -0.927. The van der Waals surface area contributed by atoms with Crippen molar-refractivity contribution in [1.29, 1.82) is 0 Å². The topological polar surface area (TPSA) is 117 Å². The number of rotatable bonds is 7. The summed E-state index contributed by atoms with van der Waals surface area (Å²) in [6, 6.07) is -0.458. The van der Waals surface area contributed by atoms with Gasteiger partial charge in [-0.05, 0) is 119 Å². The van der Waals surface area contributed by atoms with Crippen molar-refractivity contribution in [2.24, 2.45) is 39.7 Å². The standard InChI is InChI=1S/C31H48N2O6/c1-29(2)17-19(11-14-38-29)25(16-28(36)37)32-27(35)18-39-33-21-9-12-30(3)20(15-21)5-6-22-23-7-8-26(34)31(23,4)13-10-24(22)30/h15,19,22-26,34H,5-14,16-18H2,1-4H3,(H,32,35)(H,36,37)/b33-21-/t19-,22+,23+,24+,25-,26+,30+,31+/m1/s1. The van der Waals surface area contributed by atoms with Gasteiger partial charge in [0.25, 0.3) is 5.91 Å². The van der Waals surface area contributed by atoms with Crippen molar-refractivity contribution in [3.8, 4) is 0 Å². The fourth-order valence-electron chi connectivity index (χ4n) is 9.18. The van der Waals surface area contributed by atoms with Crippen LogP contribution in [0.3, 0.4) is 0 Å². The molecule has 0 aromatic carbocycles. The van der Waals surface area contributed by atoms with Crippen molar-refractivity contribution >= 4 is 17.6 Å². The predicted octanol–water partition coefficient (Wildman–Crippen LogP) is 4.85. The van der Waals surface area contributed by atoms with Crippen molar-refractivity contribution in [2.75, 3.05) is 13.2 Å². The molecule has 4 aliphatic carbocycles. The molecule has 3 N–H and O–H groups in total. The molecule has 39 heavy (non-hydrogen) atoms. The van der Waals surface area contributed by atoms with E-state index in [0.717, 1.165) is 50.7 Å². The van der Waals surface area contributed by atoms with E-state index in [1.807, 2.05) is 13.8 Å². The van der Waals surface area contributed by atoms with Crippen LogP contribution in [0.2, 0.25) is 0 Å². The largest absolute Gasteiger partial charge is 0.481 e. The molecule has 218 valence electrons. The second-order valence-corrected chi connectivity index (χ2v) is 14.1. The first-order valence-corrected chi connectivity index (χ1v) is 15.1. The van der Waals surface area contributed by atoms with Gasteiger partial charge in [0, 0.05) is 12.6 Å². The molecule has 8 heteroatoms. The molecule has 0 aromatic rings. The van der Waals surface area contributed by atoms with Crippen molar-refractivity contribution in [1.82, 2.24) is 5.32 Å². The zero-order chi connectivity index (χ0) is 28.0. The Morgan fingerprint density at radius 1 is 1.10 bits per heavy atom. The number of carboxylic acid groups (broad SMARTS) is 1. The van der Waals surface area contributed by atoms with Crippen molar-refractivity contribution in [3.63, 3.8) is 0 Å². The Hall–Kier alpha value is -1.93. The van der Waals surface area contributed by atoms with Crippen molar-refractivity contribution < 1.29 is 29.4 Å². The highest BCUT2D eigenvalue weighted by Crippen LogP contribution is 2.65. The normalized spacial score (nSPS) is 41.0. The summed E-state index contributed by atoms with van der Waals surface area (Å²) < 4.78 is 5.77. The summed E-state index contributed by atoms with van der Waals surface area (Å²) in [4.78, 5) is 29.7. The summed E-state index contributed by atoms with van der Waals surface area (Å²) in [6.07, 6.45) is 11.9. The lowest BCUT2D eigenvalue weighted by atomic mass is 9.47. The number of hydrogen-bond acceptors (Lipinski definition) is 6. The SMILES string of the molecule is CC1(C)C[C@H]([C@@H](CC(=O)O)NC(=O)CO/N=C2\C=C3CC[C@H]4[C@@H]5CC[C@H](O)[C@@]5(C)CC[C@@H]4[C@@]3(C)CC2)CCO1. The van der Waals surface area contributed by atoms with Crippen LogP contribution in [0.5, 0.6) is 0 Å². The molecule has 1 heterocycles. The second-order valence-electron chi connectivity index (χ2n) is 14.1. The average Bonchev–Trinajstić information content (AvgIpc) is 3.17. The molecular weight excluding hydrogens is 496 g/mol. The Morgan fingerprint density at radius 3 is 2.64 bits per heavy atom. The number of aliphatic hydroxyl groups is 1. The van der Waals surface area contributed by atoms with Gasteiger partial charge in [-0.2, -0.15) is 0 Å². The van der Waals surface area contributed by atoms with Gasteiger partial charge >= 0.3 is 5.97 Å². The predicted molar refractivity (Wildman–Crippen MR) is 148 cm³/mol. The molecule has 1 saturated heterocycles. The molecule has 3 saturated carbocycles. The molecule has 1 amide bonds. The maximum absolute atomic E-state index is 12.7. The Bertz CT molecular complexity index is 1020. The quantitative estimate of drug-likeness (QED) is 0.395. The summed E-state index contributed by atoms with van der Waals surface area (Å²) in [7, 11) is 0. The number of carboxylic acids is 1. The molecule has 1 aliphatic heterocycles. The van der Waals surface area contributed by atoms with Gasteiger partial charge in [0.15, 0.2) is 6.61 Å². The van der Waals surface area contributed by atoms with Gasteiger partial charge in [0.1, 0.15) is 0 Å². The monoisotopic (exact) mass is 544 g/mol. The molecule has 4 fully saturated rings. The van der Waals surface area contributed by atoms with Gasteiger partial charge in [-0.25, -0.2) is 0 Å². The highest BCUT2D eigenvalue weighted by Gasteiger charge is 2.58. The van der Waals surface area contributed by atoms with Crippen LogP contribution in [-0.2, 0) is 19.2 Å². The lowest BCUT2D eigenvalue weighted by molar-refractivity contribution is -0.139. The zero-order valence-corrected chi connectivity index (χ0v) is 24.2. The molecule has 0 bridgehead atoms. The third-order valence-electron chi connectivity index (χ3n) is 11.3. The van der Waals surface area contributed by atoms with E-state index in [4.69, 9.17) is 9.57 Å². The van der Waals surface area contributed by atoms with E-state index in [9.17, 15) is 19.8 Å². The summed E-state index contributed by atoms with van der Waals surface area (Å²) >= 11 is 0. The highest BCUT2D eigenvalue weighted by molar-refractivity contribution is 5.96. The average molecular weight is 545 g/mol. The van der Waals surface area contributed by atoms with E-state index in [1.54, 1.807) is 0 Å². The number of carbonyl (C=O) groups excluding carboxylic acids is 1. The van der Waals surface area contributed by atoms with E-state index >= 15 is 0 Å². The number of carbonyl (C=O) groups is 2. The lowest BCUT2D eigenvalue weighted by Crippen LogP contribution is -2.51. The van der Waals surface area contributed by atoms with Crippen LogP contribution >= 0.6 is 0 Å². The number of nitrogens with one attached hydrogen (secondary N) is 1. The minimum Gasteiger partial charge on any atom is -0.481 e. The molecule has 0 spiro atoms. The summed E-state index contributed by atoms with van der Waals surface area (Å²) in [5.74, 6) is 0.772. The minimum absolute atomic E-state index is 0.0427. The van der Waals surface area contributed by atoms with Crippen molar-refractivity contribution in [2.45, 2.75) is 116 Å². The lowest BCUT2D eigenvalue weighted by Gasteiger charge is -2.57. The van der Waals surface area contributed by atoms with Gasteiger partial charge < -0.3 is 25.1 Å². The fraction of sp³-hybridized carbons (Fsp3) is 0.839. The van der Waals surface area contributed by atoms with Crippen LogP contribution in [0.15, 0.2) is 16.8 Å². The summed E-state index contributed by atoms with van der Waals surface area (Å²) in [5, 5.41) is 27.3. The smallest absolute Gasteiger partial charge is 0.305 e. The highest BCUT2D eigenvalue weighted by atomic mass is 16.6. The molecule has 5 rings (SSSR count). The van der Waals surface area contributed by atoms with Crippen LogP contribution in [0.1, 0.15) is 98.3 Å². The molecular formula is C31H48N2O6. The number of fused-ring (bicyclic) bond motifs is 5. The van der Waals surface area contributed by atoms with Gasteiger partial charge in [-0.15, -0.1) is 0 Å². The van der Waals surface area contributed by atoms with E-state index in [-0.39, 0.29) is 47.4 Å². The fourth-order valence-corrected chi connectivity index (χ4v) is 9.18. The molecule has 0 aromatic heterocycles. The number of oxime groups is 1. The number of aliphatic carboxylic acids is 1. The second kappa shape index (κ2) is 10.8. The van der Waals surface area contributed by atoms with Crippen molar-refractivity contribution in [3.05, 3.63) is 11.6 Å². The maximum Gasteiger partial charge on any atom is 0.305 e. The van der Waals surface area contributed by atoms with Gasteiger partial charge in [-0.1, -0.05) is 24.6 Å². The molecule has 8 nitrogen and oxygen atoms in total. The molecule has 0 unspecified atom stereocenters. The third-order valence-corrected chi connectivity index (χ3v) is 11.3. The van der Waals surface area contributed by atoms with Gasteiger partial charge in [0.05, 0.1) is 23.8 Å². The number of ether oxygens (including phenoxy) is 1. The van der Waals surface area contributed by atoms with Gasteiger partial charge in [0.2, 0.25) is 0 Å². The Morgan fingerprint density at radius 2 is 1.90 bits per heavy atom.